The van der Waals surface area contributed by atoms with Gasteiger partial charge in [-0.2, -0.15) is 0 Å². The molecule has 5 heteroatoms. The monoisotopic (exact) mass is 364 g/mol. The first-order chi connectivity index (χ1) is 13.1. The fraction of sp³-hybridized carbons (Fsp3) is 0.364. The molecule has 0 unspecified atom stereocenters. The molecular formula is C22H24N2O3. The van der Waals surface area contributed by atoms with Crippen LogP contribution in [0, 0.1) is 0 Å². The Morgan fingerprint density at radius 3 is 2.48 bits per heavy atom. The number of benzene rings is 2. The Hall–Kier alpha value is -2.66. The Bertz CT molecular complexity index is 819. The second-order valence-corrected chi connectivity index (χ2v) is 7.27. The lowest BCUT2D eigenvalue weighted by Crippen LogP contribution is -2.43. The summed E-state index contributed by atoms with van der Waals surface area (Å²) in [6.45, 7) is 1.55. The van der Waals surface area contributed by atoms with Crippen LogP contribution in [-0.4, -0.2) is 60.5 Å². The first-order valence-corrected chi connectivity index (χ1v) is 9.41. The molecule has 0 aliphatic carbocycles. The topological polar surface area (TPSA) is 49.9 Å². The average Bonchev–Trinajstić information content (AvgIpc) is 3.07. The summed E-state index contributed by atoms with van der Waals surface area (Å²) in [6.07, 6.45) is 0.711. The van der Waals surface area contributed by atoms with Gasteiger partial charge in [0.05, 0.1) is 31.6 Å². The van der Waals surface area contributed by atoms with Crippen LogP contribution in [0.3, 0.4) is 0 Å². The van der Waals surface area contributed by atoms with Crippen LogP contribution < -0.4 is 0 Å². The zero-order valence-electron chi connectivity index (χ0n) is 15.5. The van der Waals surface area contributed by atoms with Crippen LogP contribution >= 0.6 is 0 Å². The normalized spacial score (nSPS) is 22.5. The molecular weight excluding hydrogens is 340 g/mol. The van der Waals surface area contributed by atoms with E-state index in [9.17, 15) is 9.59 Å². The summed E-state index contributed by atoms with van der Waals surface area (Å²) < 4.78 is 5.81. The molecule has 2 aromatic rings. The molecule has 0 radical (unpaired) electrons. The number of carbonyl (C=O) groups excluding carboxylic acids is 2. The SMILES string of the molecule is CN1C(=O)CCO[C@H]2CN(C(=O)Cc3ccc(-c4ccccc4)cc3)C[C@@H]21. The fourth-order valence-corrected chi connectivity index (χ4v) is 3.89. The molecule has 2 atom stereocenters. The fourth-order valence-electron chi connectivity index (χ4n) is 3.89. The minimum atomic E-state index is -0.0779. The number of nitrogens with zero attached hydrogens (tertiary/aromatic N) is 2. The lowest BCUT2D eigenvalue weighted by Gasteiger charge is -2.25. The number of hydrogen-bond donors (Lipinski definition) is 0. The van der Waals surface area contributed by atoms with Crippen molar-refractivity contribution in [3.63, 3.8) is 0 Å². The number of likely N-dealkylation sites (N-methyl/N-ethyl adjacent to an activating group) is 1. The summed E-state index contributed by atoms with van der Waals surface area (Å²) in [5, 5.41) is 0. The maximum absolute atomic E-state index is 12.8. The summed E-state index contributed by atoms with van der Waals surface area (Å²) in [5.74, 6) is 0.174. The summed E-state index contributed by atoms with van der Waals surface area (Å²) in [4.78, 5) is 28.3. The summed E-state index contributed by atoms with van der Waals surface area (Å²) in [5.41, 5.74) is 3.31. The van der Waals surface area contributed by atoms with E-state index >= 15 is 0 Å². The summed E-state index contributed by atoms with van der Waals surface area (Å²) >= 11 is 0. The molecule has 2 saturated heterocycles. The number of carbonyl (C=O) groups is 2. The van der Waals surface area contributed by atoms with Gasteiger partial charge in [0.1, 0.15) is 0 Å². The van der Waals surface area contributed by atoms with E-state index in [2.05, 4.69) is 24.3 Å². The largest absolute Gasteiger partial charge is 0.374 e. The van der Waals surface area contributed by atoms with Crippen LogP contribution in [0.5, 0.6) is 0 Å². The van der Waals surface area contributed by atoms with Crippen LogP contribution in [0.15, 0.2) is 54.6 Å². The lowest BCUT2D eigenvalue weighted by atomic mass is 10.0. The third kappa shape index (κ3) is 3.74. The molecule has 0 bridgehead atoms. The molecule has 2 aliphatic heterocycles. The highest BCUT2D eigenvalue weighted by molar-refractivity contribution is 5.80. The van der Waals surface area contributed by atoms with Crippen molar-refractivity contribution in [2.75, 3.05) is 26.7 Å². The van der Waals surface area contributed by atoms with Gasteiger partial charge in [0.15, 0.2) is 0 Å². The number of ether oxygens (including phenoxy) is 1. The third-order valence-corrected chi connectivity index (χ3v) is 5.54. The van der Waals surface area contributed by atoms with E-state index in [4.69, 9.17) is 4.74 Å². The van der Waals surface area contributed by atoms with Gasteiger partial charge >= 0.3 is 0 Å². The van der Waals surface area contributed by atoms with E-state index in [0.29, 0.717) is 32.5 Å². The van der Waals surface area contributed by atoms with Crippen molar-refractivity contribution in [1.29, 1.82) is 0 Å². The minimum absolute atomic E-state index is 0.0376. The summed E-state index contributed by atoms with van der Waals surface area (Å²) in [6, 6.07) is 18.3. The number of rotatable bonds is 3. The smallest absolute Gasteiger partial charge is 0.227 e. The molecule has 0 saturated carbocycles. The second kappa shape index (κ2) is 7.53. The molecule has 2 amide bonds. The Morgan fingerprint density at radius 2 is 1.74 bits per heavy atom. The van der Waals surface area contributed by atoms with Gasteiger partial charge in [-0.15, -0.1) is 0 Å². The van der Waals surface area contributed by atoms with Crippen LogP contribution in [0.2, 0.25) is 0 Å². The van der Waals surface area contributed by atoms with E-state index in [1.165, 1.54) is 5.56 Å². The summed E-state index contributed by atoms with van der Waals surface area (Å²) in [7, 11) is 1.81. The Morgan fingerprint density at radius 1 is 1.04 bits per heavy atom. The highest BCUT2D eigenvalue weighted by Gasteiger charge is 2.41. The van der Waals surface area contributed by atoms with E-state index < -0.39 is 0 Å². The van der Waals surface area contributed by atoms with Gasteiger partial charge in [-0.25, -0.2) is 0 Å². The first-order valence-electron chi connectivity index (χ1n) is 9.41. The first kappa shape index (κ1) is 17.7. The second-order valence-electron chi connectivity index (χ2n) is 7.27. The van der Waals surface area contributed by atoms with Gasteiger partial charge in [-0.3, -0.25) is 9.59 Å². The maximum Gasteiger partial charge on any atom is 0.227 e. The quantitative estimate of drug-likeness (QED) is 0.840. The van der Waals surface area contributed by atoms with Crippen molar-refractivity contribution in [2.45, 2.75) is 25.0 Å². The average molecular weight is 364 g/mol. The molecule has 5 nitrogen and oxygen atoms in total. The molecule has 2 heterocycles. The molecule has 2 aromatic carbocycles. The van der Waals surface area contributed by atoms with Gasteiger partial charge in [-0.05, 0) is 16.7 Å². The number of likely N-dealkylation sites (tertiary alicyclic amines) is 1. The van der Waals surface area contributed by atoms with Gasteiger partial charge in [0, 0.05) is 20.1 Å². The molecule has 2 aliphatic rings. The Kier molecular flexibility index (Phi) is 4.94. The van der Waals surface area contributed by atoms with Crippen LogP contribution in [0.1, 0.15) is 12.0 Å². The molecule has 0 spiro atoms. The molecule has 4 rings (SSSR count). The van der Waals surface area contributed by atoms with Crippen LogP contribution in [0.25, 0.3) is 11.1 Å². The standard InChI is InChI=1S/C22H24N2O3/c1-23-19-14-24(15-20(19)27-12-11-21(23)25)22(26)13-16-7-9-18(10-8-16)17-5-3-2-4-6-17/h2-10,19-20H,11-15H2,1H3/t19-,20-/m0/s1. The van der Waals surface area contributed by atoms with Gasteiger partial charge in [0.2, 0.25) is 11.8 Å². The number of fused-ring (bicyclic) bond motifs is 1. The predicted octanol–water partition coefficient (Wildman–Crippen LogP) is 2.35. The molecule has 27 heavy (non-hydrogen) atoms. The Labute approximate surface area is 159 Å². The number of amides is 2. The zero-order valence-corrected chi connectivity index (χ0v) is 15.5. The lowest BCUT2D eigenvalue weighted by molar-refractivity contribution is -0.133. The Balaban J connectivity index is 1.40. The van der Waals surface area contributed by atoms with Crippen molar-refractivity contribution in [3.05, 3.63) is 60.2 Å². The molecule has 2 fully saturated rings. The van der Waals surface area contributed by atoms with E-state index in [1.54, 1.807) is 4.90 Å². The highest BCUT2D eigenvalue weighted by atomic mass is 16.5. The van der Waals surface area contributed by atoms with E-state index in [-0.39, 0.29) is 24.0 Å². The molecule has 0 aromatic heterocycles. The maximum atomic E-state index is 12.8. The van der Waals surface area contributed by atoms with Crippen molar-refractivity contribution in [1.82, 2.24) is 9.80 Å². The van der Waals surface area contributed by atoms with E-state index in [1.807, 2.05) is 42.3 Å². The van der Waals surface area contributed by atoms with Crippen molar-refractivity contribution in [2.24, 2.45) is 0 Å². The van der Waals surface area contributed by atoms with Gasteiger partial charge < -0.3 is 14.5 Å². The van der Waals surface area contributed by atoms with Crippen LogP contribution in [-0.2, 0) is 20.7 Å². The van der Waals surface area contributed by atoms with E-state index in [0.717, 1.165) is 11.1 Å². The van der Waals surface area contributed by atoms with Crippen molar-refractivity contribution < 1.29 is 14.3 Å². The van der Waals surface area contributed by atoms with Gasteiger partial charge in [0.25, 0.3) is 0 Å². The zero-order chi connectivity index (χ0) is 18.8. The van der Waals surface area contributed by atoms with Crippen LogP contribution in [0.4, 0.5) is 0 Å². The van der Waals surface area contributed by atoms with Crippen molar-refractivity contribution >= 4 is 11.8 Å². The third-order valence-electron chi connectivity index (χ3n) is 5.54. The molecule has 0 N–H and O–H groups in total. The number of hydrogen-bond acceptors (Lipinski definition) is 3. The predicted molar refractivity (Wildman–Crippen MR) is 103 cm³/mol. The highest BCUT2D eigenvalue weighted by Crippen LogP contribution is 2.23. The van der Waals surface area contributed by atoms with Gasteiger partial charge in [-0.1, -0.05) is 54.6 Å². The molecule has 140 valence electrons. The van der Waals surface area contributed by atoms with Crippen molar-refractivity contribution in [3.8, 4) is 11.1 Å². The minimum Gasteiger partial charge on any atom is -0.374 e.